The van der Waals surface area contributed by atoms with Gasteiger partial charge in [-0.2, -0.15) is 5.10 Å². The average Bonchev–Trinajstić information content (AvgIpc) is 3.53. The fraction of sp³-hybridized carbons (Fsp3) is 0.308. The second-order valence-electron chi connectivity index (χ2n) is 9.61. The first kappa shape index (κ1) is 22.8. The molecule has 0 bridgehead atoms. The van der Waals surface area contributed by atoms with E-state index in [-0.39, 0.29) is 6.61 Å². The number of thiazole rings is 1. The Bertz CT molecular complexity index is 1540. The molecule has 5 aromatic rings. The number of aliphatic hydroxyl groups excluding tert-OH is 1. The largest absolute Gasteiger partial charge is 0.492 e. The first-order valence-electron chi connectivity index (χ1n) is 11.8. The molecule has 0 radical (unpaired) electrons. The molecule has 1 aliphatic heterocycles. The van der Waals surface area contributed by atoms with Crippen LogP contribution in [0, 0.1) is 5.92 Å². The van der Waals surface area contributed by atoms with Crippen molar-refractivity contribution < 1.29 is 14.6 Å². The number of nitrogens with zero attached hydrogens (tertiary/aromatic N) is 5. The highest BCUT2D eigenvalue weighted by Crippen LogP contribution is 2.37. The molecule has 9 nitrogen and oxygen atoms in total. The second kappa shape index (κ2) is 9.12. The molecule has 2 N–H and O–H groups in total. The molecule has 1 aliphatic rings. The topological polar surface area (TPSA) is 107 Å². The van der Waals surface area contributed by atoms with E-state index in [9.17, 15) is 5.11 Å². The summed E-state index contributed by atoms with van der Waals surface area (Å²) in [7, 11) is 0. The molecule has 0 amide bonds. The lowest BCUT2D eigenvalue weighted by atomic mass is 10.0. The Morgan fingerprint density at radius 1 is 1.14 bits per heavy atom. The third kappa shape index (κ3) is 4.27. The van der Waals surface area contributed by atoms with Gasteiger partial charge in [-0.3, -0.25) is 4.68 Å². The van der Waals surface area contributed by atoms with Gasteiger partial charge in [0.25, 0.3) is 0 Å². The van der Waals surface area contributed by atoms with E-state index in [1.165, 1.54) is 0 Å². The van der Waals surface area contributed by atoms with Gasteiger partial charge in [0.2, 0.25) is 0 Å². The van der Waals surface area contributed by atoms with Gasteiger partial charge < -0.3 is 19.9 Å². The van der Waals surface area contributed by atoms with Gasteiger partial charge in [0.1, 0.15) is 17.9 Å². The zero-order valence-corrected chi connectivity index (χ0v) is 20.8. The number of nitrogens with one attached hydrogen (secondary N) is 1. The highest BCUT2D eigenvalue weighted by molar-refractivity contribution is 7.16. The first-order valence-corrected chi connectivity index (χ1v) is 12.6. The normalized spacial score (nSPS) is 14.3. The van der Waals surface area contributed by atoms with Crippen LogP contribution in [-0.2, 0) is 10.3 Å². The van der Waals surface area contributed by atoms with Gasteiger partial charge >= 0.3 is 0 Å². The van der Waals surface area contributed by atoms with Crippen molar-refractivity contribution in [3.05, 3.63) is 54.6 Å². The number of aliphatic hydroxyl groups is 1. The van der Waals surface area contributed by atoms with E-state index in [1.54, 1.807) is 28.5 Å². The van der Waals surface area contributed by atoms with Gasteiger partial charge in [-0.25, -0.2) is 15.0 Å². The Labute approximate surface area is 211 Å². The van der Waals surface area contributed by atoms with Crippen molar-refractivity contribution in [2.75, 3.05) is 31.7 Å². The quantitative estimate of drug-likeness (QED) is 0.317. The fourth-order valence-electron chi connectivity index (χ4n) is 4.06. The van der Waals surface area contributed by atoms with Crippen molar-refractivity contribution in [1.82, 2.24) is 24.7 Å². The maximum atomic E-state index is 9.74. The number of fused-ring (bicyclic) bond motifs is 2. The highest BCUT2D eigenvalue weighted by atomic mass is 32.1. The minimum absolute atomic E-state index is 0.0146. The van der Waals surface area contributed by atoms with Crippen molar-refractivity contribution in [2.45, 2.75) is 19.4 Å². The SMILES string of the molecule is CC(C)(CO)n1cc(-c2cc(OCC3COC3)c3c(Nc4ccc5ncsc5c4)ncnc3c2)cn1. The molecule has 2 aromatic carbocycles. The monoisotopic (exact) mass is 502 g/mol. The summed E-state index contributed by atoms with van der Waals surface area (Å²) in [6.07, 6.45) is 5.29. The Morgan fingerprint density at radius 2 is 2.03 bits per heavy atom. The number of benzene rings is 2. The van der Waals surface area contributed by atoms with E-state index in [4.69, 9.17) is 9.47 Å². The molecule has 1 saturated heterocycles. The van der Waals surface area contributed by atoms with E-state index in [2.05, 4.69) is 31.4 Å². The van der Waals surface area contributed by atoms with Crippen molar-refractivity contribution in [1.29, 1.82) is 0 Å². The lowest BCUT2D eigenvalue weighted by molar-refractivity contribution is -0.0506. The summed E-state index contributed by atoms with van der Waals surface area (Å²) < 4.78 is 14.6. The Balaban J connectivity index is 1.42. The van der Waals surface area contributed by atoms with Crippen LogP contribution < -0.4 is 10.1 Å². The minimum Gasteiger partial charge on any atom is -0.492 e. The first-order chi connectivity index (χ1) is 17.5. The third-order valence-corrected chi connectivity index (χ3v) is 7.19. The number of hydrogen-bond donors (Lipinski definition) is 2. The average molecular weight is 503 g/mol. The molecule has 0 aliphatic carbocycles. The minimum atomic E-state index is -0.503. The van der Waals surface area contributed by atoms with Gasteiger partial charge in [-0.15, -0.1) is 11.3 Å². The second-order valence-corrected chi connectivity index (χ2v) is 10.5. The van der Waals surface area contributed by atoms with Crippen molar-refractivity contribution in [3.63, 3.8) is 0 Å². The molecule has 184 valence electrons. The van der Waals surface area contributed by atoms with Gasteiger partial charge in [-0.1, -0.05) is 0 Å². The van der Waals surface area contributed by atoms with Gasteiger partial charge in [0.05, 0.1) is 64.8 Å². The molecule has 4 heterocycles. The lowest BCUT2D eigenvalue weighted by Crippen LogP contribution is -2.32. The summed E-state index contributed by atoms with van der Waals surface area (Å²) in [5, 5.41) is 18.5. The molecule has 0 unspecified atom stereocenters. The predicted octanol–water partition coefficient (Wildman–Crippen LogP) is 4.60. The van der Waals surface area contributed by atoms with E-state index in [0.29, 0.717) is 37.3 Å². The van der Waals surface area contributed by atoms with Gasteiger partial charge in [-0.05, 0) is 49.7 Å². The van der Waals surface area contributed by atoms with E-state index >= 15 is 0 Å². The summed E-state index contributed by atoms with van der Waals surface area (Å²) in [5.74, 6) is 1.74. The van der Waals surface area contributed by atoms with Crippen LogP contribution in [-0.4, -0.2) is 56.3 Å². The third-order valence-electron chi connectivity index (χ3n) is 6.40. The summed E-state index contributed by atoms with van der Waals surface area (Å²) in [6.45, 7) is 5.83. The van der Waals surface area contributed by atoms with Crippen LogP contribution in [0.4, 0.5) is 11.5 Å². The van der Waals surface area contributed by atoms with Gasteiger partial charge in [0, 0.05) is 23.4 Å². The predicted molar refractivity (Wildman–Crippen MR) is 140 cm³/mol. The standard InChI is InChI=1S/C26H26N6O3S/c1-26(2,13-33)32-9-18(8-30-32)17-5-21-24(22(6-17)35-12-16-10-34-11-16)25(28-14-27-21)31-19-3-4-20-23(7-19)36-15-29-20/h3-9,14-16,33H,10-13H2,1-2H3,(H,27,28,31). The van der Waals surface area contributed by atoms with Crippen LogP contribution in [0.15, 0.2) is 54.6 Å². The molecule has 0 spiro atoms. The van der Waals surface area contributed by atoms with Crippen molar-refractivity contribution in [2.24, 2.45) is 5.92 Å². The number of ether oxygens (including phenoxy) is 2. The summed E-state index contributed by atoms with van der Waals surface area (Å²) >= 11 is 1.60. The molecule has 36 heavy (non-hydrogen) atoms. The molecular weight excluding hydrogens is 476 g/mol. The van der Waals surface area contributed by atoms with Gasteiger partial charge in [0.15, 0.2) is 0 Å². The zero-order valence-electron chi connectivity index (χ0n) is 20.0. The molecule has 1 fully saturated rings. The van der Waals surface area contributed by atoms with Crippen LogP contribution >= 0.6 is 11.3 Å². The molecule has 3 aromatic heterocycles. The molecular formula is C26H26N6O3S. The van der Waals surface area contributed by atoms with Crippen LogP contribution in [0.3, 0.4) is 0 Å². The fourth-order valence-corrected chi connectivity index (χ4v) is 4.78. The zero-order chi connectivity index (χ0) is 24.7. The smallest absolute Gasteiger partial charge is 0.145 e. The van der Waals surface area contributed by atoms with E-state index < -0.39 is 5.54 Å². The number of rotatable bonds is 8. The van der Waals surface area contributed by atoms with Crippen LogP contribution in [0.25, 0.3) is 32.2 Å². The van der Waals surface area contributed by atoms with Crippen LogP contribution in [0.2, 0.25) is 0 Å². The van der Waals surface area contributed by atoms with E-state index in [1.807, 2.05) is 49.8 Å². The maximum Gasteiger partial charge on any atom is 0.145 e. The van der Waals surface area contributed by atoms with Crippen molar-refractivity contribution in [3.8, 4) is 16.9 Å². The summed E-state index contributed by atoms with van der Waals surface area (Å²) in [5.41, 5.74) is 5.84. The Morgan fingerprint density at radius 3 is 2.83 bits per heavy atom. The summed E-state index contributed by atoms with van der Waals surface area (Å²) in [4.78, 5) is 13.5. The molecule has 0 saturated carbocycles. The van der Waals surface area contributed by atoms with Crippen LogP contribution in [0.1, 0.15) is 13.8 Å². The maximum absolute atomic E-state index is 9.74. The summed E-state index contributed by atoms with van der Waals surface area (Å²) in [6, 6.07) is 10.1. The van der Waals surface area contributed by atoms with Crippen molar-refractivity contribution >= 4 is 44.0 Å². The Kier molecular flexibility index (Phi) is 5.79. The molecule has 10 heteroatoms. The molecule has 6 rings (SSSR count). The number of anilines is 2. The molecule has 0 atom stereocenters. The number of hydrogen-bond acceptors (Lipinski definition) is 9. The lowest BCUT2D eigenvalue weighted by Gasteiger charge is -2.26. The van der Waals surface area contributed by atoms with Crippen LogP contribution in [0.5, 0.6) is 5.75 Å². The Hall–Kier alpha value is -3.60. The highest BCUT2D eigenvalue weighted by Gasteiger charge is 2.23. The number of aromatic nitrogens is 5. The van der Waals surface area contributed by atoms with E-state index in [0.717, 1.165) is 37.9 Å².